The molecule has 104 valence electrons. The molecule has 0 bridgehead atoms. The van der Waals surface area contributed by atoms with E-state index in [9.17, 15) is 4.21 Å². The second-order valence-corrected chi connectivity index (χ2v) is 6.86. The Morgan fingerprint density at radius 3 is 2.65 bits per heavy atom. The minimum Gasteiger partial charge on any atom is -0.399 e. The average molecular weight is 285 g/mol. The van der Waals surface area contributed by atoms with Crippen molar-refractivity contribution in [3.8, 4) is 0 Å². The largest absolute Gasteiger partial charge is 0.399 e. The quantitative estimate of drug-likeness (QED) is 0.877. The number of fused-ring (bicyclic) bond motifs is 1. The van der Waals surface area contributed by atoms with Crippen LogP contribution in [0.2, 0.25) is 0 Å². The average Bonchev–Trinajstić information content (AvgIpc) is 2.48. The first-order valence-corrected chi connectivity index (χ1v) is 8.37. The van der Waals surface area contributed by atoms with Crippen molar-refractivity contribution >= 4 is 16.5 Å². The van der Waals surface area contributed by atoms with Crippen LogP contribution in [-0.4, -0.2) is 9.96 Å². The molecule has 0 fully saturated rings. The smallest absolute Gasteiger partial charge is 0.0535 e. The standard InChI is InChI=1S/C17H19NOS/c18-15-8-10-16(11-9-15)20(19)12-14-6-3-5-13-4-1-2-7-17(13)14/h1-2,4,7-11,14H,3,5-6,12,18H2. The van der Waals surface area contributed by atoms with Crippen molar-refractivity contribution in [2.75, 3.05) is 11.5 Å². The fourth-order valence-electron chi connectivity index (χ4n) is 2.93. The Balaban J connectivity index is 1.79. The van der Waals surface area contributed by atoms with Crippen LogP contribution in [-0.2, 0) is 17.2 Å². The highest BCUT2D eigenvalue weighted by Gasteiger charge is 2.22. The van der Waals surface area contributed by atoms with Crippen LogP contribution in [0.4, 0.5) is 5.69 Å². The lowest BCUT2D eigenvalue weighted by Crippen LogP contribution is -2.16. The molecule has 2 nitrogen and oxygen atoms in total. The number of aryl methyl sites for hydroxylation is 1. The highest BCUT2D eigenvalue weighted by Crippen LogP contribution is 2.32. The highest BCUT2D eigenvalue weighted by molar-refractivity contribution is 7.85. The van der Waals surface area contributed by atoms with Crippen molar-refractivity contribution in [1.29, 1.82) is 0 Å². The van der Waals surface area contributed by atoms with Gasteiger partial charge in [0, 0.05) is 16.3 Å². The van der Waals surface area contributed by atoms with Crippen molar-refractivity contribution in [1.82, 2.24) is 0 Å². The first kappa shape index (κ1) is 13.4. The van der Waals surface area contributed by atoms with Gasteiger partial charge >= 0.3 is 0 Å². The van der Waals surface area contributed by atoms with E-state index < -0.39 is 10.8 Å². The van der Waals surface area contributed by atoms with Crippen molar-refractivity contribution in [2.45, 2.75) is 30.1 Å². The van der Waals surface area contributed by atoms with Crippen LogP contribution < -0.4 is 5.73 Å². The van der Waals surface area contributed by atoms with Crippen LogP contribution in [0, 0.1) is 0 Å². The maximum Gasteiger partial charge on any atom is 0.0535 e. The van der Waals surface area contributed by atoms with Gasteiger partial charge in [0.1, 0.15) is 0 Å². The lowest BCUT2D eigenvalue weighted by molar-refractivity contribution is 0.588. The summed E-state index contributed by atoms with van der Waals surface area (Å²) in [6.07, 6.45) is 3.49. The molecule has 20 heavy (non-hydrogen) atoms. The van der Waals surface area contributed by atoms with Gasteiger partial charge < -0.3 is 5.73 Å². The summed E-state index contributed by atoms with van der Waals surface area (Å²) in [5.74, 6) is 1.12. The fourth-order valence-corrected chi connectivity index (χ4v) is 4.27. The van der Waals surface area contributed by atoms with Crippen LogP contribution in [0.5, 0.6) is 0 Å². The Bertz CT molecular complexity index is 621. The Hall–Kier alpha value is -1.61. The van der Waals surface area contributed by atoms with Crippen molar-refractivity contribution < 1.29 is 4.21 Å². The molecule has 0 spiro atoms. The van der Waals surface area contributed by atoms with Crippen LogP contribution in [0.25, 0.3) is 0 Å². The molecule has 2 N–H and O–H groups in total. The summed E-state index contributed by atoms with van der Waals surface area (Å²) in [4.78, 5) is 0.877. The van der Waals surface area contributed by atoms with E-state index >= 15 is 0 Å². The first-order chi connectivity index (χ1) is 9.74. The number of hydrogen-bond acceptors (Lipinski definition) is 2. The first-order valence-electron chi connectivity index (χ1n) is 7.06. The second kappa shape index (κ2) is 5.80. The van der Waals surface area contributed by atoms with Gasteiger partial charge in [-0.1, -0.05) is 24.3 Å². The van der Waals surface area contributed by atoms with E-state index in [2.05, 4.69) is 24.3 Å². The molecule has 0 radical (unpaired) electrons. The van der Waals surface area contributed by atoms with E-state index in [-0.39, 0.29) is 0 Å². The molecule has 2 unspecified atom stereocenters. The monoisotopic (exact) mass is 285 g/mol. The minimum absolute atomic E-state index is 0.415. The van der Waals surface area contributed by atoms with E-state index in [0.717, 1.165) is 17.7 Å². The van der Waals surface area contributed by atoms with Crippen LogP contribution in [0.1, 0.15) is 29.9 Å². The number of benzene rings is 2. The van der Waals surface area contributed by atoms with Gasteiger partial charge in [-0.2, -0.15) is 0 Å². The summed E-state index contributed by atoms with van der Waals surface area (Å²) in [5, 5.41) is 0. The predicted octanol–water partition coefficient (Wildman–Crippen LogP) is 3.50. The molecule has 0 aromatic heterocycles. The molecule has 0 saturated carbocycles. The van der Waals surface area contributed by atoms with Crippen molar-refractivity contribution in [3.05, 3.63) is 59.7 Å². The summed E-state index contributed by atoms with van der Waals surface area (Å²) in [6.45, 7) is 0. The summed E-state index contributed by atoms with van der Waals surface area (Å²) in [6, 6.07) is 16.0. The van der Waals surface area contributed by atoms with E-state index in [4.69, 9.17) is 5.73 Å². The van der Waals surface area contributed by atoms with E-state index in [1.165, 1.54) is 17.5 Å². The Morgan fingerprint density at radius 2 is 1.85 bits per heavy atom. The van der Waals surface area contributed by atoms with Gasteiger partial charge in [-0.05, 0) is 60.6 Å². The van der Waals surface area contributed by atoms with Crippen molar-refractivity contribution in [3.63, 3.8) is 0 Å². The molecule has 0 amide bonds. The predicted molar refractivity (Wildman–Crippen MR) is 84.3 cm³/mol. The molecule has 2 atom stereocenters. The van der Waals surface area contributed by atoms with Crippen molar-refractivity contribution in [2.24, 2.45) is 0 Å². The molecule has 2 aromatic carbocycles. The molecule has 0 heterocycles. The molecule has 1 aliphatic carbocycles. The molecule has 3 rings (SSSR count). The van der Waals surface area contributed by atoms with Gasteiger partial charge in [-0.3, -0.25) is 4.21 Å². The SMILES string of the molecule is Nc1ccc(S(=O)CC2CCCc3ccccc32)cc1. The van der Waals surface area contributed by atoms with E-state index in [1.807, 2.05) is 24.3 Å². The lowest BCUT2D eigenvalue weighted by atomic mass is 9.84. The highest BCUT2D eigenvalue weighted by atomic mass is 32.2. The summed E-state index contributed by atoms with van der Waals surface area (Å²) in [5.41, 5.74) is 9.21. The van der Waals surface area contributed by atoms with Gasteiger partial charge in [0.15, 0.2) is 0 Å². The summed E-state index contributed by atoms with van der Waals surface area (Å²) in [7, 11) is -0.952. The normalized spacial score (nSPS) is 19.3. The third kappa shape index (κ3) is 2.78. The molecular weight excluding hydrogens is 266 g/mol. The summed E-state index contributed by atoms with van der Waals surface area (Å²) < 4.78 is 12.5. The Labute approximate surface area is 122 Å². The zero-order valence-corrected chi connectivity index (χ0v) is 12.2. The molecule has 3 heteroatoms. The number of anilines is 1. The molecular formula is C17H19NOS. The van der Waals surface area contributed by atoms with Crippen LogP contribution in [0.3, 0.4) is 0 Å². The van der Waals surface area contributed by atoms with Crippen LogP contribution >= 0.6 is 0 Å². The van der Waals surface area contributed by atoms with Crippen LogP contribution in [0.15, 0.2) is 53.4 Å². The second-order valence-electron chi connectivity index (χ2n) is 5.37. The number of hydrogen-bond donors (Lipinski definition) is 1. The minimum atomic E-state index is -0.952. The maximum absolute atomic E-state index is 12.5. The summed E-state index contributed by atoms with van der Waals surface area (Å²) >= 11 is 0. The fraction of sp³-hybridized carbons (Fsp3) is 0.294. The zero-order chi connectivity index (χ0) is 13.9. The van der Waals surface area contributed by atoms with Gasteiger partial charge in [-0.25, -0.2) is 0 Å². The molecule has 0 aliphatic heterocycles. The number of nitrogens with two attached hydrogens (primary N) is 1. The van der Waals surface area contributed by atoms with Gasteiger partial charge in [0.05, 0.1) is 10.8 Å². The third-order valence-electron chi connectivity index (χ3n) is 3.99. The maximum atomic E-state index is 12.5. The lowest BCUT2D eigenvalue weighted by Gasteiger charge is -2.25. The van der Waals surface area contributed by atoms with Gasteiger partial charge in [0.25, 0.3) is 0 Å². The third-order valence-corrected chi connectivity index (χ3v) is 5.49. The number of rotatable bonds is 3. The van der Waals surface area contributed by atoms with E-state index in [1.54, 1.807) is 0 Å². The van der Waals surface area contributed by atoms with Gasteiger partial charge in [0.2, 0.25) is 0 Å². The molecule has 1 aliphatic rings. The van der Waals surface area contributed by atoms with E-state index in [0.29, 0.717) is 17.4 Å². The van der Waals surface area contributed by atoms with Gasteiger partial charge in [-0.15, -0.1) is 0 Å². The molecule has 0 saturated heterocycles. The number of nitrogen functional groups attached to an aromatic ring is 1. The topological polar surface area (TPSA) is 43.1 Å². The zero-order valence-electron chi connectivity index (χ0n) is 11.4. The Kier molecular flexibility index (Phi) is 3.88. The molecule has 2 aromatic rings. The Morgan fingerprint density at radius 1 is 1.10 bits per heavy atom.